The summed E-state index contributed by atoms with van der Waals surface area (Å²) in [6, 6.07) is 12.3. The molecule has 0 bridgehead atoms. The average molecular weight is 390 g/mol. The molecule has 1 unspecified atom stereocenters. The SMILES string of the molecule is Fc1ccc(NC(=S)N2CCCC(c3nc4ccccc4o3)C2)cc1Cl. The van der Waals surface area contributed by atoms with Crippen LogP contribution in [0.5, 0.6) is 0 Å². The number of nitrogens with zero attached hydrogens (tertiary/aromatic N) is 2. The molecule has 1 atom stereocenters. The van der Waals surface area contributed by atoms with Crippen molar-refractivity contribution in [1.82, 2.24) is 9.88 Å². The summed E-state index contributed by atoms with van der Waals surface area (Å²) in [7, 11) is 0. The molecule has 1 aliphatic heterocycles. The number of oxazole rings is 1. The van der Waals surface area contributed by atoms with Gasteiger partial charge < -0.3 is 14.6 Å². The second kappa shape index (κ2) is 7.21. The van der Waals surface area contributed by atoms with Crippen molar-refractivity contribution in [3.05, 3.63) is 59.2 Å². The zero-order valence-corrected chi connectivity index (χ0v) is 15.5. The van der Waals surface area contributed by atoms with Gasteiger partial charge in [0.1, 0.15) is 11.3 Å². The van der Waals surface area contributed by atoms with Crippen LogP contribution in [0.4, 0.5) is 10.1 Å². The molecule has 134 valence electrons. The van der Waals surface area contributed by atoms with Crippen molar-refractivity contribution in [1.29, 1.82) is 0 Å². The van der Waals surface area contributed by atoms with Crippen LogP contribution in [0, 0.1) is 5.82 Å². The topological polar surface area (TPSA) is 41.3 Å². The van der Waals surface area contributed by atoms with Crippen LogP contribution in [-0.4, -0.2) is 28.1 Å². The predicted octanol–water partition coefficient (Wildman–Crippen LogP) is 5.20. The van der Waals surface area contributed by atoms with Gasteiger partial charge in [0.2, 0.25) is 0 Å². The summed E-state index contributed by atoms with van der Waals surface area (Å²) < 4.78 is 19.2. The van der Waals surface area contributed by atoms with E-state index in [2.05, 4.69) is 15.2 Å². The van der Waals surface area contributed by atoms with Gasteiger partial charge in [0.05, 0.1) is 10.9 Å². The van der Waals surface area contributed by atoms with E-state index in [0.29, 0.717) is 10.8 Å². The lowest BCUT2D eigenvalue weighted by Gasteiger charge is -2.33. The number of fused-ring (bicyclic) bond motifs is 1. The molecule has 4 rings (SSSR count). The van der Waals surface area contributed by atoms with Gasteiger partial charge in [0.25, 0.3) is 0 Å². The van der Waals surface area contributed by atoms with E-state index in [0.717, 1.165) is 42.9 Å². The highest BCUT2D eigenvalue weighted by molar-refractivity contribution is 7.80. The van der Waals surface area contributed by atoms with Crippen LogP contribution in [0.3, 0.4) is 0 Å². The Balaban J connectivity index is 1.47. The molecule has 1 fully saturated rings. The maximum absolute atomic E-state index is 13.3. The Labute approximate surface area is 161 Å². The molecule has 7 heteroatoms. The molecule has 2 aromatic carbocycles. The first kappa shape index (κ1) is 17.2. The molecule has 1 N–H and O–H groups in total. The highest BCUT2D eigenvalue weighted by atomic mass is 35.5. The number of benzene rings is 2. The first-order valence-electron chi connectivity index (χ1n) is 8.46. The van der Waals surface area contributed by atoms with Crippen LogP contribution in [0.15, 0.2) is 46.9 Å². The zero-order chi connectivity index (χ0) is 18.1. The van der Waals surface area contributed by atoms with Crippen molar-refractivity contribution in [3.63, 3.8) is 0 Å². The number of para-hydroxylation sites is 2. The molecular weight excluding hydrogens is 373 g/mol. The quantitative estimate of drug-likeness (QED) is 0.610. The number of hydrogen-bond donors (Lipinski definition) is 1. The van der Waals surface area contributed by atoms with Crippen LogP contribution < -0.4 is 5.32 Å². The van der Waals surface area contributed by atoms with E-state index < -0.39 is 5.82 Å². The van der Waals surface area contributed by atoms with Crippen molar-refractivity contribution in [2.24, 2.45) is 0 Å². The highest BCUT2D eigenvalue weighted by Gasteiger charge is 2.26. The van der Waals surface area contributed by atoms with Gasteiger partial charge in [-0.05, 0) is 55.4 Å². The molecule has 0 saturated carbocycles. The van der Waals surface area contributed by atoms with Gasteiger partial charge in [-0.3, -0.25) is 0 Å². The third-order valence-corrected chi connectivity index (χ3v) is 5.19. The fourth-order valence-corrected chi connectivity index (χ4v) is 3.67. The summed E-state index contributed by atoms with van der Waals surface area (Å²) in [4.78, 5) is 6.71. The molecule has 4 nitrogen and oxygen atoms in total. The van der Waals surface area contributed by atoms with Crippen LogP contribution >= 0.6 is 23.8 Å². The maximum Gasteiger partial charge on any atom is 0.200 e. The van der Waals surface area contributed by atoms with E-state index >= 15 is 0 Å². The van der Waals surface area contributed by atoms with Crippen LogP contribution in [0.1, 0.15) is 24.7 Å². The molecule has 0 spiro atoms. The fraction of sp³-hybridized carbons (Fsp3) is 0.263. The third kappa shape index (κ3) is 3.52. The van der Waals surface area contributed by atoms with Gasteiger partial charge in [-0.1, -0.05) is 23.7 Å². The van der Waals surface area contributed by atoms with Crippen LogP contribution in [0.2, 0.25) is 5.02 Å². The van der Waals surface area contributed by atoms with Crippen molar-refractivity contribution in [2.75, 3.05) is 18.4 Å². The lowest BCUT2D eigenvalue weighted by molar-refractivity contribution is 0.284. The number of piperidine rings is 1. The predicted molar refractivity (Wildman–Crippen MR) is 105 cm³/mol. The number of likely N-dealkylation sites (tertiary alicyclic amines) is 1. The summed E-state index contributed by atoms with van der Waals surface area (Å²) in [5.41, 5.74) is 2.35. The molecule has 3 aromatic rings. The number of nitrogens with one attached hydrogen (secondary N) is 1. The van der Waals surface area contributed by atoms with Gasteiger partial charge in [-0.15, -0.1) is 0 Å². The minimum Gasteiger partial charge on any atom is -0.440 e. The van der Waals surface area contributed by atoms with Gasteiger partial charge >= 0.3 is 0 Å². The summed E-state index contributed by atoms with van der Waals surface area (Å²) in [6.07, 6.45) is 2.00. The number of anilines is 1. The lowest BCUT2D eigenvalue weighted by Crippen LogP contribution is -2.41. The Morgan fingerprint density at radius 1 is 1.31 bits per heavy atom. The van der Waals surface area contributed by atoms with E-state index in [1.807, 2.05) is 24.3 Å². The van der Waals surface area contributed by atoms with E-state index in [9.17, 15) is 4.39 Å². The van der Waals surface area contributed by atoms with Gasteiger partial charge in [-0.25, -0.2) is 9.37 Å². The maximum atomic E-state index is 13.3. The normalized spacial score (nSPS) is 17.5. The van der Waals surface area contributed by atoms with Crippen LogP contribution in [0.25, 0.3) is 11.1 Å². The Bertz CT molecular complexity index is 928. The minimum absolute atomic E-state index is 0.0702. The molecule has 0 radical (unpaired) electrons. The first-order valence-corrected chi connectivity index (χ1v) is 9.25. The van der Waals surface area contributed by atoms with Gasteiger partial charge in [-0.2, -0.15) is 0 Å². The number of rotatable bonds is 2. The Hall–Kier alpha value is -2.18. The largest absolute Gasteiger partial charge is 0.440 e. The lowest BCUT2D eigenvalue weighted by atomic mass is 9.98. The number of halogens is 2. The Morgan fingerprint density at radius 2 is 2.15 bits per heavy atom. The molecule has 0 amide bonds. The molecule has 2 heterocycles. The summed E-state index contributed by atoms with van der Waals surface area (Å²) in [5.74, 6) is 0.494. The molecule has 1 saturated heterocycles. The minimum atomic E-state index is -0.447. The molecule has 1 aromatic heterocycles. The Kier molecular flexibility index (Phi) is 4.78. The number of aromatic nitrogens is 1. The third-order valence-electron chi connectivity index (χ3n) is 4.54. The van der Waals surface area contributed by atoms with E-state index in [4.69, 9.17) is 28.2 Å². The monoisotopic (exact) mass is 389 g/mol. The summed E-state index contributed by atoms with van der Waals surface area (Å²) >= 11 is 11.4. The van der Waals surface area contributed by atoms with Crippen LogP contribution in [-0.2, 0) is 0 Å². The molecule has 1 aliphatic rings. The van der Waals surface area contributed by atoms with E-state index in [-0.39, 0.29) is 10.9 Å². The van der Waals surface area contributed by atoms with Crippen molar-refractivity contribution >= 4 is 45.7 Å². The standard InChI is InChI=1S/C19H17ClFN3OS/c20-14-10-13(7-8-15(14)21)22-19(26)24-9-3-4-12(11-24)18-23-16-5-1-2-6-17(16)25-18/h1-2,5-8,10,12H,3-4,9,11H2,(H,22,26). The van der Waals surface area contributed by atoms with Crippen molar-refractivity contribution < 1.29 is 8.81 Å². The van der Waals surface area contributed by atoms with Crippen molar-refractivity contribution in [2.45, 2.75) is 18.8 Å². The second-order valence-corrected chi connectivity index (χ2v) is 7.16. The highest BCUT2D eigenvalue weighted by Crippen LogP contribution is 2.29. The second-order valence-electron chi connectivity index (χ2n) is 6.36. The summed E-state index contributed by atoms with van der Waals surface area (Å²) in [6.45, 7) is 1.59. The van der Waals surface area contributed by atoms with E-state index in [1.165, 1.54) is 12.1 Å². The summed E-state index contributed by atoms with van der Waals surface area (Å²) in [5, 5.41) is 3.79. The molecule has 26 heavy (non-hydrogen) atoms. The first-order chi connectivity index (χ1) is 12.6. The fourth-order valence-electron chi connectivity index (χ4n) is 3.20. The smallest absolute Gasteiger partial charge is 0.200 e. The molecule has 0 aliphatic carbocycles. The number of hydrogen-bond acceptors (Lipinski definition) is 3. The van der Waals surface area contributed by atoms with Gasteiger partial charge in [0.15, 0.2) is 16.6 Å². The van der Waals surface area contributed by atoms with Crippen molar-refractivity contribution in [3.8, 4) is 0 Å². The average Bonchev–Trinajstić information content (AvgIpc) is 3.09. The number of thiocarbonyl (C=S) groups is 1. The Morgan fingerprint density at radius 3 is 2.96 bits per heavy atom. The van der Waals surface area contributed by atoms with Gasteiger partial charge in [0, 0.05) is 18.8 Å². The molecular formula is C19H17ClFN3OS. The van der Waals surface area contributed by atoms with E-state index in [1.54, 1.807) is 6.07 Å². The zero-order valence-electron chi connectivity index (χ0n) is 13.9.